The molecular formula is C15H11Br2Cl2NO2. The van der Waals surface area contributed by atoms with Gasteiger partial charge in [0, 0.05) is 9.65 Å². The van der Waals surface area contributed by atoms with Gasteiger partial charge in [0.2, 0.25) is 11.8 Å². The Balaban J connectivity index is 1.78. The summed E-state index contributed by atoms with van der Waals surface area (Å²) in [4.78, 5) is 27.4. The molecule has 1 aromatic carbocycles. The summed E-state index contributed by atoms with van der Waals surface area (Å²) in [5.41, 5.74) is 0.398. The number of benzene rings is 1. The fourth-order valence-electron chi connectivity index (χ4n) is 4.25. The van der Waals surface area contributed by atoms with Gasteiger partial charge in [-0.05, 0) is 30.4 Å². The number of alkyl halides is 2. The maximum absolute atomic E-state index is 12.9. The van der Waals surface area contributed by atoms with Crippen LogP contribution in [0.5, 0.6) is 0 Å². The van der Waals surface area contributed by atoms with Gasteiger partial charge >= 0.3 is 0 Å². The minimum Gasteiger partial charge on any atom is -0.274 e. The van der Waals surface area contributed by atoms with Crippen LogP contribution in [0, 0.1) is 23.7 Å². The lowest BCUT2D eigenvalue weighted by Gasteiger charge is -2.28. The Kier molecular flexibility index (Phi) is 3.65. The summed E-state index contributed by atoms with van der Waals surface area (Å²) in [6.45, 7) is 0. The highest BCUT2D eigenvalue weighted by Gasteiger charge is 2.66. The summed E-state index contributed by atoms with van der Waals surface area (Å²) < 4.78 is 0. The SMILES string of the molecule is O=C1[C@@H]2[C@H]3C[C@@H]([C@H](Br)[C@H]3Br)[C@@H]2C(=O)N1c1cccc(Cl)c1Cl. The predicted molar refractivity (Wildman–Crippen MR) is 93.0 cm³/mol. The van der Waals surface area contributed by atoms with E-state index in [9.17, 15) is 9.59 Å². The Morgan fingerprint density at radius 2 is 1.55 bits per heavy atom. The lowest BCUT2D eigenvalue weighted by Crippen LogP contribution is -2.37. The highest BCUT2D eigenvalue weighted by Crippen LogP contribution is 2.60. The summed E-state index contributed by atoms with van der Waals surface area (Å²) in [5, 5.41) is 0.598. The van der Waals surface area contributed by atoms with E-state index in [0.717, 1.165) is 6.42 Å². The number of carbonyl (C=O) groups is 2. The molecule has 3 fully saturated rings. The molecule has 4 rings (SSSR count). The quantitative estimate of drug-likeness (QED) is 0.457. The lowest BCUT2D eigenvalue weighted by molar-refractivity contribution is -0.123. The number of anilines is 1. The summed E-state index contributed by atoms with van der Waals surface area (Å²) in [6.07, 6.45) is 0.912. The van der Waals surface area contributed by atoms with Crippen molar-refractivity contribution in [3.8, 4) is 0 Å². The van der Waals surface area contributed by atoms with Gasteiger partial charge in [-0.3, -0.25) is 9.59 Å². The second-order valence-electron chi connectivity index (χ2n) is 6.09. The zero-order valence-electron chi connectivity index (χ0n) is 11.2. The summed E-state index contributed by atoms with van der Waals surface area (Å²) in [5.74, 6) is -0.389. The third-order valence-electron chi connectivity index (χ3n) is 5.16. The fourth-order valence-corrected chi connectivity index (χ4v) is 6.50. The molecule has 0 radical (unpaired) electrons. The van der Waals surface area contributed by atoms with Gasteiger partial charge in [-0.2, -0.15) is 0 Å². The van der Waals surface area contributed by atoms with Crippen LogP contribution in [-0.4, -0.2) is 21.5 Å². The third kappa shape index (κ3) is 1.86. The van der Waals surface area contributed by atoms with E-state index >= 15 is 0 Å². The Hall–Kier alpha value is -0.100. The van der Waals surface area contributed by atoms with Crippen LogP contribution in [-0.2, 0) is 9.59 Å². The van der Waals surface area contributed by atoms with Crippen LogP contribution in [0.25, 0.3) is 0 Å². The molecule has 7 heteroatoms. The predicted octanol–water partition coefficient (Wildman–Crippen LogP) is 4.28. The molecular weight excluding hydrogens is 457 g/mol. The monoisotopic (exact) mass is 465 g/mol. The van der Waals surface area contributed by atoms with Gasteiger partial charge in [0.15, 0.2) is 0 Å². The van der Waals surface area contributed by atoms with Crippen LogP contribution >= 0.6 is 55.1 Å². The van der Waals surface area contributed by atoms with Crippen molar-refractivity contribution in [3.05, 3.63) is 28.2 Å². The fraction of sp³-hybridized carbons (Fsp3) is 0.467. The topological polar surface area (TPSA) is 37.4 Å². The van der Waals surface area contributed by atoms with Gasteiger partial charge in [0.1, 0.15) is 0 Å². The first-order valence-electron chi connectivity index (χ1n) is 7.03. The van der Waals surface area contributed by atoms with Crippen molar-refractivity contribution < 1.29 is 9.59 Å². The van der Waals surface area contributed by atoms with E-state index < -0.39 is 0 Å². The highest BCUT2D eigenvalue weighted by atomic mass is 79.9. The first kappa shape index (κ1) is 15.4. The molecule has 116 valence electrons. The average Bonchev–Trinajstić information content (AvgIpc) is 3.08. The molecule has 2 bridgehead atoms. The highest BCUT2D eigenvalue weighted by molar-refractivity contribution is 9.12. The van der Waals surface area contributed by atoms with Gasteiger partial charge < -0.3 is 0 Å². The summed E-state index contributed by atoms with van der Waals surface area (Å²) in [6, 6.07) is 5.02. The Labute approximate surface area is 154 Å². The zero-order chi connectivity index (χ0) is 15.8. The molecule has 1 aliphatic heterocycles. The number of nitrogens with zero attached hydrogens (tertiary/aromatic N) is 1. The van der Waals surface area contributed by atoms with Crippen molar-refractivity contribution in [3.63, 3.8) is 0 Å². The van der Waals surface area contributed by atoms with E-state index in [2.05, 4.69) is 31.9 Å². The van der Waals surface area contributed by atoms with E-state index in [4.69, 9.17) is 23.2 Å². The smallest absolute Gasteiger partial charge is 0.238 e. The molecule has 1 heterocycles. The number of amides is 2. The first-order chi connectivity index (χ1) is 10.4. The minimum atomic E-state index is -0.245. The van der Waals surface area contributed by atoms with Gasteiger partial charge in [-0.25, -0.2) is 4.90 Å². The lowest BCUT2D eigenvalue weighted by atomic mass is 9.81. The molecule has 1 aromatic rings. The number of halogens is 4. The van der Waals surface area contributed by atoms with Crippen LogP contribution in [0.15, 0.2) is 18.2 Å². The maximum atomic E-state index is 12.9. The number of carbonyl (C=O) groups excluding carboxylic acids is 2. The largest absolute Gasteiger partial charge is 0.274 e. The molecule has 0 spiro atoms. The van der Waals surface area contributed by atoms with Crippen LogP contribution in [0.3, 0.4) is 0 Å². The van der Waals surface area contributed by atoms with E-state index in [1.54, 1.807) is 18.2 Å². The van der Waals surface area contributed by atoms with E-state index in [1.165, 1.54) is 4.90 Å². The van der Waals surface area contributed by atoms with Crippen molar-refractivity contribution in [1.82, 2.24) is 0 Å². The maximum Gasteiger partial charge on any atom is 0.238 e. The van der Waals surface area contributed by atoms with Crippen LogP contribution in [0.2, 0.25) is 10.0 Å². The molecule has 3 nitrogen and oxygen atoms in total. The molecule has 0 aromatic heterocycles. The summed E-state index contributed by atoms with van der Waals surface area (Å²) >= 11 is 19.6. The standard InChI is InChI=1S/C15H11Br2Cl2NO2/c16-11-5-4-6(12(11)17)10-9(5)14(21)20(15(10)22)8-3-1-2-7(18)13(8)19/h1-3,5-6,9-12H,4H2/t5-,6-,9-,10+,11+,12+/m1/s1. The molecule has 2 amide bonds. The van der Waals surface area contributed by atoms with Crippen LogP contribution in [0.1, 0.15) is 6.42 Å². The third-order valence-corrected chi connectivity index (χ3v) is 9.17. The van der Waals surface area contributed by atoms with Crippen molar-refractivity contribution in [2.75, 3.05) is 4.90 Å². The molecule has 3 aliphatic rings. The number of rotatable bonds is 1. The number of hydrogen-bond acceptors (Lipinski definition) is 2. The van der Waals surface area contributed by atoms with Crippen LogP contribution in [0.4, 0.5) is 5.69 Å². The number of imide groups is 1. The number of hydrogen-bond donors (Lipinski definition) is 0. The molecule has 0 N–H and O–H groups in total. The van der Waals surface area contributed by atoms with E-state index in [0.29, 0.717) is 10.7 Å². The van der Waals surface area contributed by atoms with Gasteiger partial charge in [-0.15, -0.1) is 0 Å². The van der Waals surface area contributed by atoms with Crippen molar-refractivity contribution >= 4 is 72.6 Å². The van der Waals surface area contributed by atoms with Crippen molar-refractivity contribution in [2.45, 2.75) is 16.1 Å². The second kappa shape index (κ2) is 5.20. The molecule has 2 aliphatic carbocycles. The Morgan fingerprint density at radius 1 is 1.00 bits per heavy atom. The number of fused-ring (bicyclic) bond motifs is 5. The van der Waals surface area contributed by atoms with Gasteiger partial charge in [0.05, 0.1) is 27.6 Å². The molecule has 22 heavy (non-hydrogen) atoms. The molecule has 0 unspecified atom stereocenters. The van der Waals surface area contributed by atoms with Gasteiger partial charge in [-0.1, -0.05) is 61.1 Å². The van der Waals surface area contributed by atoms with Crippen LogP contribution < -0.4 is 4.90 Å². The molecule has 2 saturated carbocycles. The Morgan fingerprint density at radius 3 is 2.09 bits per heavy atom. The van der Waals surface area contributed by atoms with E-state index in [-0.39, 0.29) is 50.2 Å². The van der Waals surface area contributed by atoms with Crippen molar-refractivity contribution in [2.24, 2.45) is 23.7 Å². The summed E-state index contributed by atoms with van der Waals surface area (Å²) in [7, 11) is 0. The van der Waals surface area contributed by atoms with Crippen molar-refractivity contribution in [1.29, 1.82) is 0 Å². The molecule has 6 atom stereocenters. The average molecular weight is 468 g/mol. The van der Waals surface area contributed by atoms with Gasteiger partial charge in [0.25, 0.3) is 0 Å². The normalized spacial score (nSPS) is 39.7. The van der Waals surface area contributed by atoms with E-state index in [1.807, 2.05) is 0 Å². The second-order valence-corrected chi connectivity index (χ2v) is 8.99. The Bertz CT molecular complexity index is 666. The minimum absolute atomic E-state index is 0.143. The molecule has 1 saturated heterocycles. The zero-order valence-corrected chi connectivity index (χ0v) is 15.9. The first-order valence-corrected chi connectivity index (χ1v) is 9.62.